The molecule has 204 valence electrons. The van der Waals surface area contributed by atoms with Crippen LogP contribution in [0.5, 0.6) is 5.75 Å². The number of carbonyl (C=O) groups is 1. The third-order valence-corrected chi connectivity index (χ3v) is 7.76. The van der Waals surface area contributed by atoms with Gasteiger partial charge in [-0.1, -0.05) is 48.0 Å². The number of ether oxygens (including phenoxy) is 1. The number of nitro benzene ring substituents is 1. The number of nitrogens with zero attached hydrogens (tertiary/aromatic N) is 3. The predicted octanol–water partition coefficient (Wildman–Crippen LogP) is 5.17. The second-order valence-corrected chi connectivity index (χ2v) is 10.6. The van der Waals surface area contributed by atoms with Gasteiger partial charge in [-0.3, -0.25) is 19.2 Å². The van der Waals surface area contributed by atoms with Gasteiger partial charge in [-0.25, -0.2) is 13.8 Å². The fourth-order valence-electron chi connectivity index (χ4n) is 3.55. The number of rotatable bonds is 11. The topological polar surface area (TPSA) is 131 Å². The molecule has 0 radical (unpaired) electrons. The second kappa shape index (κ2) is 12.9. The van der Waals surface area contributed by atoms with Crippen LogP contribution in [0.15, 0.2) is 113 Å². The highest BCUT2D eigenvalue weighted by atomic mass is 35.5. The molecule has 12 heteroatoms. The van der Waals surface area contributed by atoms with E-state index in [-0.39, 0.29) is 16.3 Å². The molecule has 0 fully saturated rings. The SMILES string of the molecule is O=C(CN(c1ccc([N+](=O)[O-])cc1)S(=O)(=O)c1ccccc1)N/N=C\c1ccc(OCc2ccccc2Cl)cc1. The van der Waals surface area contributed by atoms with Gasteiger partial charge >= 0.3 is 0 Å². The lowest BCUT2D eigenvalue weighted by Crippen LogP contribution is -2.39. The van der Waals surface area contributed by atoms with Crippen molar-refractivity contribution in [2.75, 3.05) is 10.8 Å². The van der Waals surface area contributed by atoms with Crippen LogP contribution in [0, 0.1) is 10.1 Å². The molecule has 40 heavy (non-hydrogen) atoms. The number of hydrogen-bond acceptors (Lipinski definition) is 7. The largest absolute Gasteiger partial charge is 0.489 e. The van der Waals surface area contributed by atoms with Crippen molar-refractivity contribution in [2.45, 2.75) is 11.5 Å². The first-order valence-corrected chi connectivity index (χ1v) is 13.7. The molecule has 0 aliphatic heterocycles. The van der Waals surface area contributed by atoms with Gasteiger partial charge in [0.15, 0.2) is 0 Å². The van der Waals surface area contributed by atoms with Gasteiger partial charge in [-0.2, -0.15) is 5.10 Å². The van der Waals surface area contributed by atoms with E-state index in [0.717, 1.165) is 9.87 Å². The zero-order valence-electron chi connectivity index (χ0n) is 20.9. The summed E-state index contributed by atoms with van der Waals surface area (Å²) in [6, 6.07) is 26.8. The molecule has 4 aromatic rings. The Morgan fingerprint density at radius 1 is 0.950 bits per heavy atom. The van der Waals surface area contributed by atoms with Gasteiger partial charge in [0, 0.05) is 22.7 Å². The highest BCUT2D eigenvalue weighted by molar-refractivity contribution is 7.92. The Balaban J connectivity index is 1.42. The summed E-state index contributed by atoms with van der Waals surface area (Å²) in [4.78, 5) is 23.1. The Kier molecular flexibility index (Phi) is 9.10. The van der Waals surface area contributed by atoms with Crippen LogP contribution in [-0.2, 0) is 21.4 Å². The predicted molar refractivity (Wildman–Crippen MR) is 152 cm³/mol. The van der Waals surface area contributed by atoms with Gasteiger partial charge in [0.2, 0.25) is 0 Å². The van der Waals surface area contributed by atoms with Crippen LogP contribution < -0.4 is 14.5 Å². The Labute approximate surface area is 235 Å². The smallest absolute Gasteiger partial charge is 0.269 e. The van der Waals surface area contributed by atoms with Crippen LogP contribution >= 0.6 is 11.6 Å². The molecular weight excluding hydrogens is 556 g/mol. The van der Waals surface area contributed by atoms with Crippen LogP contribution in [0.1, 0.15) is 11.1 Å². The van der Waals surface area contributed by atoms with E-state index < -0.39 is 27.4 Å². The van der Waals surface area contributed by atoms with Crippen molar-refractivity contribution in [3.05, 3.63) is 129 Å². The number of hydrogen-bond donors (Lipinski definition) is 1. The molecule has 1 amide bonds. The van der Waals surface area contributed by atoms with E-state index in [2.05, 4.69) is 10.5 Å². The standard InChI is InChI=1S/C28H23ClN4O6S/c29-27-9-5-4-6-22(27)20-39-25-16-10-21(11-17-25)18-30-31-28(34)19-32(23-12-14-24(15-13-23)33(35)36)40(37,38)26-7-2-1-3-8-26/h1-18H,19-20H2,(H,31,34)/b30-18-. The first kappa shape index (κ1) is 28.3. The number of halogens is 1. The number of nitrogens with one attached hydrogen (secondary N) is 1. The molecule has 0 saturated carbocycles. The van der Waals surface area contributed by atoms with Crippen molar-refractivity contribution in [2.24, 2.45) is 5.10 Å². The zero-order valence-corrected chi connectivity index (χ0v) is 22.5. The molecule has 1 N–H and O–H groups in total. The quantitative estimate of drug-likeness (QED) is 0.148. The maximum absolute atomic E-state index is 13.3. The molecule has 0 aliphatic carbocycles. The maximum Gasteiger partial charge on any atom is 0.269 e. The molecular formula is C28H23ClN4O6S. The van der Waals surface area contributed by atoms with Crippen LogP contribution in [0.3, 0.4) is 0 Å². The Morgan fingerprint density at radius 2 is 1.60 bits per heavy atom. The lowest BCUT2D eigenvalue weighted by Gasteiger charge is -2.23. The Hall–Kier alpha value is -4.74. The lowest BCUT2D eigenvalue weighted by molar-refractivity contribution is -0.384. The lowest BCUT2D eigenvalue weighted by atomic mass is 10.2. The van der Waals surface area contributed by atoms with E-state index in [1.165, 1.54) is 42.6 Å². The summed E-state index contributed by atoms with van der Waals surface area (Å²) >= 11 is 6.15. The van der Waals surface area contributed by atoms with Gasteiger partial charge in [0.05, 0.1) is 21.7 Å². The molecule has 0 heterocycles. The molecule has 4 rings (SSSR count). The Bertz CT molecular complexity index is 1610. The highest BCUT2D eigenvalue weighted by Crippen LogP contribution is 2.25. The van der Waals surface area contributed by atoms with Crippen molar-refractivity contribution >= 4 is 45.1 Å². The average Bonchev–Trinajstić information content (AvgIpc) is 2.96. The minimum absolute atomic E-state index is 0.0403. The summed E-state index contributed by atoms with van der Waals surface area (Å²) in [5.74, 6) is -0.0974. The number of non-ortho nitro benzene ring substituents is 1. The number of carbonyl (C=O) groups excluding carboxylic acids is 1. The summed E-state index contributed by atoms with van der Waals surface area (Å²) in [5.41, 5.74) is 3.71. The van der Waals surface area contributed by atoms with Crippen molar-refractivity contribution in [3.63, 3.8) is 0 Å². The van der Waals surface area contributed by atoms with Crippen molar-refractivity contribution in [1.29, 1.82) is 0 Å². The number of hydrazone groups is 1. The van der Waals surface area contributed by atoms with E-state index in [9.17, 15) is 23.3 Å². The first-order chi connectivity index (χ1) is 19.2. The van der Waals surface area contributed by atoms with Crippen molar-refractivity contribution in [1.82, 2.24) is 5.43 Å². The molecule has 4 aromatic carbocycles. The summed E-state index contributed by atoms with van der Waals surface area (Å²) < 4.78 is 33.3. The summed E-state index contributed by atoms with van der Waals surface area (Å²) in [6.07, 6.45) is 1.40. The molecule has 0 aromatic heterocycles. The summed E-state index contributed by atoms with van der Waals surface area (Å²) in [7, 11) is -4.16. The minimum atomic E-state index is -4.16. The number of anilines is 1. The molecule has 0 unspecified atom stereocenters. The van der Waals surface area contributed by atoms with Gasteiger partial charge < -0.3 is 4.74 Å². The maximum atomic E-state index is 13.3. The summed E-state index contributed by atoms with van der Waals surface area (Å²) in [5, 5.41) is 15.6. The van der Waals surface area contributed by atoms with Gasteiger partial charge in [0.1, 0.15) is 18.9 Å². The third-order valence-electron chi connectivity index (χ3n) is 5.60. The number of benzene rings is 4. The minimum Gasteiger partial charge on any atom is -0.489 e. The highest BCUT2D eigenvalue weighted by Gasteiger charge is 2.27. The molecule has 0 atom stereocenters. The van der Waals surface area contributed by atoms with E-state index in [1.54, 1.807) is 48.5 Å². The van der Waals surface area contributed by atoms with Gasteiger partial charge in [0.25, 0.3) is 21.6 Å². The normalized spacial score (nSPS) is 11.2. The number of amides is 1. The molecule has 0 bridgehead atoms. The third kappa shape index (κ3) is 7.22. The summed E-state index contributed by atoms with van der Waals surface area (Å²) in [6.45, 7) is -0.304. The van der Waals surface area contributed by atoms with Crippen LogP contribution in [0.2, 0.25) is 5.02 Å². The van der Waals surface area contributed by atoms with Crippen LogP contribution in [-0.4, -0.2) is 32.0 Å². The number of sulfonamides is 1. The first-order valence-electron chi connectivity index (χ1n) is 11.8. The van der Waals surface area contributed by atoms with E-state index >= 15 is 0 Å². The van der Waals surface area contributed by atoms with Crippen molar-refractivity contribution < 1.29 is 22.9 Å². The van der Waals surface area contributed by atoms with Gasteiger partial charge in [-0.15, -0.1) is 0 Å². The van der Waals surface area contributed by atoms with Gasteiger partial charge in [-0.05, 0) is 60.2 Å². The monoisotopic (exact) mass is 578 g/mol. The molecule has 0 spiro atoms. The van der Waals surface area contributed by atoms with Crippen LogP contribution in [0.4, 0.5) is 11.4 Å². The average molecular weight is 579 g/mol. The second-order valence-electron chi connectivity index (χ2n) is 8.34. The number of nitro groups is 1. The van der Waals surface area contributed by atoms with E-state index in [0.29, 0.717) is 22.9 Å². The molecule has 0 saturated heterocycles. The fraction of sp³-hybridized carbons (Fsp3) is 0.0714. The molecule has 10 nitrogen and oxygen atoms in total. The Morgan fingerprint density at radius 3 is 2.25 bits per heavy atom. The molecule has 0 aliphatic rings. The van der Waals surface area contributed by atoms with Crippen LogP contribution in [0.25, 0.3) is 0 Å². The van der Waals surface area contributed by atoms with E-state index in [4.69, 9.17) is 16.3 Å². The zero-order chi connectivity index (χ0) is 28.5. The van der Waals surface area contributed by atoms with E-state index in [1.807, 2.05) is 18.2 Å². The fourth-order valence-corrected chi connectivity index (χ4v) is 5.18. The van der Waals surface area contributed by atoms with Crippen molar-refractivity contribution in [3.8, 4) is 5.75 Å².